The number of rotatable bonds is 2. The zero-order valence-electron chi connectivity index (χ0n) is 8.31. The average molecular weight is 238 g/mol. The summed E-state index contributed by atoms with van der Waals surface area (Å²) in [6.07, 6.45) is 0. The number of nitrogens with zero attached hydrogens (tertiary/aromatic N) is 1. The average Bonchev–Trinajstić information content (AvgIpc) is 2.74. The van der Waals surface area contributed by atoms with E-state index in [1.54, 1.807) is 0 Å². The minimum atomic E-state index is -1.20. The number of halogens is 1. The molecule has 6 nitrogen and oxygen atoms in total. The van der Waals surface area contributed by atoms with Gasteiger partial charge in [-0.1, -0.05) is 0 Å². The van der Waals surface area contributed by atoms with Crippen LogP contribution < -0.4 is 0 Å². The van der Waals surface area contributed by atoms with Gasteiger partial charge in [0, 0.05) is 5.56 Å². The van der Waals surface area contributed by atoms with Crippen LogP contribution in [0.5, 0.6) is 11.5 Å². The molecule has 0 radical (unpaired) electrons. The molecule has 1 heterocycles. The number of hydrogen-bond acceptors (Lipinski definition) is 4. The van der Waals surface area contributed by atoms with E-state index < -0.39 is 23.3 Å². The lowest BCUT2D eigenvalue weighted by Crippen LogP contribution is -1.95. The standard InChI is InChI=1S/C10H7FN2O4/c11-5-1-4(2-8(14)9(5)15)6-3-7(10(16)17)13-12-6/h1-3,14-15H,(H,12,13)(H,16,17). The van der Waals surface area contributed by atoms with Crippen molar-refractivity contribution in [2.45, 2.75) is 0 Å². The van der Waals surface area contributed by atoms with Gasteiger partial charge in [-0.05, 0) is 18.2 Å². The van der Waals surface area contributed by atoms with Gasteiger partial charge in [-0.25, -0.2) is 9.18 Å². The molecule has 0 aliphatic carbocycles. The Hall–Kier alpha value is -2.57. The third kappa shape index (κ3) is 1.89. The Balaban J connectivity index is 2.49. The summed E-state index contributed by atoms with van der Waals surface area (Å²) in [5.74, 6) is -3.71. The third-order valence-electron chi connectivity index (χ3n) is 2.15. The van der Waals surface area contributed by atoms with Crippen molar-refractivity contribution < 1.29 is 24.5 Å². The van der Waals surface area contributed by atoms with Gasteiger partial charge in [-0.2, -0.15) is 5.10 Å². The van der Waals surface area contributed by atoms with Crippen LogP contribution in [0, 0.1) is 5.82 Å². The molecule has 0 aliphatic heterocycles. The zero-order valence-corrected chi connectivity index (χ0v) is 8.31. The van der Waals surface area contributed by atoms with Gasteiger partial charge in [0.1, 0.15) is 5.69 Å². The summed E-state index contributed by atoms with van der Waals surface area (Å²) < 4.78 is 13.1. The molecule has 17 heavy (non-hydrogen) atoms. The van der Waals surface area contributed by atoms with Crippen molar-refractivity contribution in [1.29, 1.82) is 0 Å². The van der Waals surface area contributed by atoms with Crippen LogP contribution in [0.4, 0.5) is 4.39 Å². The van der Waals surface area contributed by atoms with Crippen molar-refractivity contribution in [2.75, 3.05) is 0 Å². The van der Waals surface area contributed by atoms with E-state index in [0.717, 1.165) is 12.1 Å². The van der Waals surface area contributed by atoms with Crippen LogP contribution in [0.2, 0.25) is 0 Å². The number of aromatic amines is 1. The first-order valence-electron chi connectivity index (χ1n) is 4.49. The Labute approximate surface area is 94.0 Å². The normalized spacial score (nSPS) is 10.4. The number of aromatic carboxylic acids is 1. The molecule has 0 fully saturated rings. The Kier molecular flexibility index (Phi) is 2.43. The zero-order chi connectivity index (χ0) is 12.6. The van der Waals surface area contributed by atoms with Crippen molar-refractivity contribution in [2.24, 2.45) is 0 Å². The third-order valence-corrected chi connectivity index (χ3v) is 2.15. The summed E-state index contributed by atoms with van der Waals surface area (Å²) in [6.45, 7) is 0. The largest absolute Gasteiger partial charge is 0.504 e. The fraction of sp³-hybridized carbons (Fsp3) is 0. The second-order valence-electron chi connectivity index (χ2n) is 3.30. The van der Waals surface area contributed by atoms with Crippen molar-refractivity contribution in [1.82, 2.24) is 10.2 Å². The van der Waals surface area contributed by atoms with Crippen LogP contribution in [0.25, 0.3) is 11.3 Å². The molecule has 0 bridgehead atoms. The number of phenolic OH excluding ortho intramolecular Hbond substituents is 2. The predicted molar refractivity (Wildman–Crippen MR) is 54.3 cm³/mol. The lowest BCUT2D eigenvalue weighted by molar-refractivity contribution is 0.0690. The topological polar surface area (TPSA) is 106 Å². The highest BCUT2D eigenvalue weighted by Gasteiger charge is 2.14. The molecule has 0 amide bonds. The molecular weight excluding hydrogens is 231 g/mol. The lowest BCUT2D eigenvalue weighted by Gasteiger charge is -2.01. The minimum absolute atomic E-state index is 0.150. The Bertz CT molecular complexity index is 571. The van der Waals surface area contributed by atoms with Crippen molar-refractivity contribution in [3.63, 3.8) is 0 Å². The van der Waals surface area contributed by atoms with Crippen LogP contribution >= 0.6 is 0 Å². The summed E-state index contributed by atoms with van der Waals surface area (Å²) in [5, 5.41) is 32.8. The maximum atomic E-state index is 13.1. The number of aromatic nitrogens is 2. The van der Waals surface area contributed by atoms with Gasteiger partial charge in [-0.15, -0.1) is 0 Å². The number of phenols is 2. The molecule has 7 heteroatoms. The fourth-order valence-corrected chi connectivity index (χ4v) is 1.31. The fourth-order valence-electron chi connectivity index (χ4n) is 1.31. The van der Waals surface area contributed by atoms with E-state index >= 15 is 0 Å². The highest BCUT2D eigenvalue weighted by atomic mass is 19.1. The quantitative estimate of drug-likeness (QED) is 0.590. The molecule has 0 spiro atoms. The molecule has 0 atom stereocenters. The molecule has 1 aromatic carbocycles. The number of carboxylic acid groups (broad SMARTS) is 1. The van der Waals surface area contributed by atoms with Crippen molar-refractivity contribution >= 4 is 5.97 Å². The molecule has 0 aliphatic rings. The maximum Gasteiger partial charge on any atom is 0.353 e. The van der Waals surface area contributed by atoms with Crippen LogP contribution in [0.15, 0.2) is 18.2 Å². The number of benzene rings is 1. The van der Waals surface area contributed by atoms with Crippen LogP contribution in [0.1, 0.15) is 10.5 Å². The summed E-state index contributed by atoms with van der Waals surface area (Å²) in [6, 6.07) is 3.21. The Morgan fingerprint density at radius 2 is 2.00 bits per heavy atom. The van der Waals surface area contributed by atoms with E-state index in [-0.39, 0.29) is 17.0 Å². The summed E-state index contributed by atoms with van der Waals surface area (Å²) in [5.41, 5.74) is 0.145. The Morgan fingerprint density at radius 1 is 1.29 bits per heavy atom. The Morgan fingerprint density at radius 3 is 2.53 bits per heavy atom. The molecular formula is C10H7FN2O4. The second-order valence-corrected chi connectivity index (χ2v) is 3.30. The van der Waals surface area contributed by atoms with E-state index in [4.69, 9.17) is 10.2 Å². The molecule has 0 saturated heterocycles. The summed E-state index contributed by atoms with van der Waals surface area (Å²) >= 11 is 0. The van der Waals surface area contributed by atoms with Gasteiger partial charge in [-0.3, -0.25) is 5.10 Å². The van der Waals surface area contributed by atoms with E-state index in [1.807, 2.05) is 0 Å². The number of hydrogen-bond donors (Lipinski definition) is 4. The van der Waals surface area contributed by atoms with Gasteiger partial charge in [0.2, 0.25) is 0 Å². The van der Waals surface area contributed by atoms with Crippen LogP contribution in [-0.4, -0.2) is 31.5 Å². The first-order valence-corrected chi connectivity index (χ1v) is 4.49. The molecule has 0 unspecified atom stereocenters. The summed E-state index contributed by atoms with van der Waals surface area (Å²) in [4.78, 5) is 10.6. The van der Waals surface area contributed by atoms with Crippen molar-refractivity contribution in [3.05, 3.63) is 29.7 Å². The molecule has 2 aromatic rings. The summed E-state index contributed by atoms with van der Waals surface area (Å²) in [7, 11) is 0. The van der Waals surface area contributed by atoms with Gasteiger partial charge >= 0.3 is 5.97 Å². The first-order chi connectivity index (χ1) is 7.99. The predicted octanol–water partition coefficient (Wildman–Crippen LogP) is 1.33. The maximum absolute atomic E-state index is 13.1. The number of carboxylic acids is 1. The van der Waals surface area contributed by atoms with Gasteiger partial charge in [0.15, 0.2) is 17.3 Å². The molecule has 0 saturated carbocycles. The lowest BCUT2D eigenvalue weighted by atomic mass is 10.1. The second kappa shape index (κ2) is 3.78. The van der Waals surface area contributed by atoms with Crippen LogP contribution in [-0.2, 0) is 0 Å². The SMILES string of the molecule is O=C(O)c1cc(-c2cc(O)c(O)c(F)c2)n[nH]1. The molecule has 4 N–H and O–H groups in total. The smallest absolute Gasteiger partial charge is 0.353 e. The highest BCUT2D eigenvalue weighted by Crippen LogP contribution is 2.32. The number of H-pyrrole nitrogens is 1. The van der Waals surface area contributed by atoms with Gasteiger partial charge in [0.05, 0.1) is 5.69 Å². The van der Waals surface area contributed by atoms with Crippen molar-refractivity contribution in [3.8, 4) is 22.8 Å². The number of nitrogens with one attached hydrogen (secondary N) is 1. The highest BCUT2D eigenvalue weighted by molar-refractivity contribution is 5.86. The molecule has 2 rings (SSSR count). The number of aromatic hydroxyl groups is 2. The van der Waals surface area contributed by atoms with Gasteiger partial charge in [0.25, 0.3) is 0 Å². The first kappa shape index (κ1) is 10.9. The van der Waals surface area contributed by atoms with E-state index in [0.29, 0.717) is 0 Å². The molecule has 88 valence electrons. The molecule has 1 aromatic heterocycles. The van der Waals surface area contributed by atoms with E-state index in [2.05, 4.69) is 10.2 Å². The monoisotopic (exact) mass is 238 g/mol. The minimum Gasteiger partial charge on any atom is -0.504 e. The van der Waals surface area contributed by atoms with E-state index in [9.17, 15) is 14.3 Å². The van der Waals surface area contributed by atoms with Gasteiger partial charge < -0.3 is 15.3 Å². The van der Waals surface area contributed by atoms with Crippen LogP contribution in [0.3, 0.4) is 0 Å². The number of carbonyl (C=O) groups is 1. The van der Waals surface area contributed by atoms with E-state index in [1.165, 1.54) is 6.07 Å².